The van der Waals surface area contributed by atoms with Gasteiger partial charge in [-0.2, -0.15) is 5.10 Å². The van der Waals surface area contributed by atoms with Crippen molar-refractivity contribution >= 4 is 0 Å². The lowest BCUT2D eigenvalue weighted by Crippen LogP contribution is -2.20. The molecule has 1 aromatic carbocycles. The summed E-state index contributed by atoms with van der Waals surface area (Å²) in [6.45, 7) is 0.292. The molecule has 1 heterocycles. The molecule has 1 N–H and O–H groups in total. The van der Waals surface area contributed by atoms with Gasteiger partial charge in [0.15, 0.2) is 0 Å². The first-order chi connectivity index (χ1) is 10.3. The van der Waals surface area contributed by atoms with Crippen LogP contribution in [-0.4, -0.2) is 27.6 Å². The van der Waals surface area contributed by atoms with Gasteiger partial charge < -0.3 is 9.84 Å². The van der Waals surface area contributed by atoms with Gasteiger partial charge in [0.1, 0.15) is 12.4 Å². The van der Waals surface area contributed by atoms with E-state index in [-0.39, 0.29) is 0 Å². The third-order valence-corrected chi connectivity index (χ3v) is 3.99. The van der Waals surface area contributed by atoms with E-state index in [1.54, 1.807) is 0 Å². The van der Waals surface area contributed by atoms with Crippen LogP contribution in [0.25, 0.3) is 0 Å². The smallest absolute Gasteiger partial charge is 0.119 e. The van der Waals surface area contributed by atoms with Crippen molar-refractivity contribution in [3.63, 3.8) is 0 Å². The molecule has 1 unspecified atom stereocenters. The minimum absolute atomic E-state index is 0.292. The van der Waals surface area contributed by atoms with E-state index in [1.165, 1.54) is 25.7 Å². The topological polar surface area (TPSA) is 47.3 Å². The van der Waals surface area contributed by atoms with Gasteiger partial charge in [0.2, 0.25) is 0 Å². The zero-order chi connectivity index (χ0) is 14.5. The molecule has 1 aromatic heterocycles. The molecule has 0 amide bonds. The van der Waals surface area contributed by atoms with Crippen LogP contribution in [0.1, 0.15) is 37.4 Å². The molecule has 3 rings (SSSR count). The standard InChI is InChI=1S/C17H22N2O2/c20-16(13-21-17-8-2-1-3-9-17)12-14-10-11-19(18-14)15-6-4-5-7-15/h1-3,8-11,15-16,20H,4-7,12-13H2. The minimum atomic E-state index is -0.530. The molecule has 4 heteroatoms. The Morgan fingerprint density at radius 1 is 1.19 bits per heavy atom. The summed E-state index contributed by atoms with van der Waals surface area (Å²) < 4.78 is 7.62. The number of nitrogens with zero attached hydrogens (tertiary/aromatic N) is 2. The van der Waals surface area contributed by atoms with Crippen LogP contribution in [0.4, 0.5) is 0 Å². The van der Waals surface area contributed by atoms with Crippen molar-refractivity contribution in [3.8, 4) is 5.75 Å². The summed E-state index contributed by atoms with van der Waals surface area (Å²) in [5.41, 5.74) is 0.936. The van der Waals surface area contributed by atoms with Crippen molar-refractivity contribution in [1.82, 2.24) is 9.78 Å². The van der Waals surface area contributed by atoms with E-state index in [1.807, 2.05) is 42.6 Å². The quantitative estimate of drug-likeness (QED) is 0.888. The Morgan fingerprint density at radius 2 is 1.95 bits per heavy atom. The van der Waals surface area contributed by atoms with E-state index >= 15 is 0 Å². The van der Waals surface area contributed by atoms with Crippen LogP contribution >= 0.6 is 0 Å². The average Bonchev–Trinajstić information content (AvgIpc) is 3.17. The summed E-state index contributed by atoms with van der Waals surface area (Å²) in [6.07, 6.45) is 7.09. The Balaban J connectivity index is 1.49. The molecule has 1 saturated carbocycles. The van der Waals surface area contributed by atoms with E-state index in [4.69, 9.17) is 4.74 Å². The molecule has 112 valence electrons. The highest BCUT2D eigenvalue weighted by molar-refractivity contribution is 5.20. The zero-order valence-electron chi connectivity index (χ0n) is 12.2. The van der Waals surface area contributed by atoms with Crippen molar-refractivity contribution in [2.24, 2.45) is 0 Å². The first-order valence-electron chi connectivity index (χ1n) is 7.71. The average molecular weight is 286 g/mol. The summed E-state index contributed by atoms with van der Waals surface area (Å²) in [4.78, 5) is 0. The highest BCUT2D eigenvalue weighted by atomic mass is 16.5. The van der Waals surface area contributed by atoms with Gasteiger partial charge in [0.25, 0.3) is 0 Å². The molecule has 1 aliphatic carbocycles. The second kappa shape index (κ2) is 6.76. The minimum Gasteiger partial charge on any atom is -0.491 e. The lowest BCUT2D eigenvalue weighted by molar-refractivity contribution is 0.106. The number of hydrogen-bond acceptors (Lipinski definition) is 3. The van der Waals surface area contributed by atoms with Gasteiger partial charge in [-0.15, -0.1) is 0 Å². The highest BCUT2D eigenvalue weighted by Crippen LogP contribution is 2.28. The molecule has 0 spiro atoms. The zero-order valence-corrected chi connectivity index (χ0v) is 12.2. The SMILES string of the molecule is OC(COc1ccccc1)Cc1ccn(C2CCCC2)n1. The Hall–Kier alpha value is -1.81. The van der Waals surface area contributed by atoms with Gasteiger partial charge in [0.05, 0.1) is 17.8 Å². The van der Waals surface area contributed by atoms with Crippen LogP contribution in [0.2, 0.25) is 0 Å². The maximum Gasteiger partial charge on any atom is 0.119 e. The van der Waals surface area contributed by atoms with Gasteiger partial charge in [0, 0.05) is 12.6 Å². The summed E-state index contributed by atoms with van der Waals surface area (Å²) in [7, 11) is 0. The predicted octanol–water partition coefficient (Wildman–Crippen LogP) is 2.98. The Labute approximate surface area is 125 Å². The first-order valence-corrected chi connectivity index (χ1v) is 7.71. The van der Waals surface area contributed by atoms with Crippen LogP contribution in [-0.2, 0) is 6.42 Å². The van der Waals surface area contributed by atoms with Crippen molar-refractivity contribution in [1.29, 1.82) is 0 Å². The molecule has 0 bridgehead atoms. The monoisotopic (exact) mass is 286 g/mol. The van der Waals surface area contributed by atoms with Gasteiger partial charge in [-0.25, -0.2) is 0 Å². The number of ether oxygens (including phenoxy) is 1. The molecule has 0 radical (unpaired) electrons. The van der Waals surface area contributed by atoms with Gasteiger partial charge in [-0.05, 0) is 31.0 Å². The first kappa shape index (κ1) is 14.1. The molecule has 1 atom stereocenters. The molecule has 1 fully saturated rings. The molecule has 2 aromatic rings. The molecule has 1 aliphatic rings. The third-order valence-electron chi connectivity index (χ3n) is 3.99. The Kier molecular flexibility index (Phi) is 4.55. The Morgan fingerprint density at radius 3 is 2.71 bits per heavy atom. The van der Waals surface area contributed by atoms with E-state index in [9.17, 15) is 5.11 Å². The lowest BCUT2D eigenvalue weighted by atomic mass is 10.2. The summed E-state index contributed by atoms with van der Waals surface area (Å²) in [6, 6.07) is 12.1. The van der Waals surface area contributed by atoms with E-state index < -0.39 is 6.10 Å². The van der Waals surface area contributed by atoms with E-state index in [2.05, 4.69) is 9.78 Å². The largest absolute Gasteiger partial charge is 0.491 e. The van der Waals surface area contributed by atoms with Crippen LogP contribution in [0, 0.1) is 0 Å². The number of benzene rings is 1. The fourth-order valence-electron chi connectivity index (χ4n) is 2.87. The van der Waals surface area contributed by atoms with Crippen molar-refractivity contribution < 1.29 is 9.84 Å². The summed E-state index contributed by atoms with van der Waals surface area (Å²) in [5, 5.41) is 14.7. The van der Waals surface area contributed by atoms with Gasteiger partial charge in [-0.1, -0.05) is 31.0 Å². The molecule has 0 saturated heterocycles. The predicted molar refractivity (Wildman–Crippen MR) is 81.4 cm³/mol. The molecule has 4 nitrogen and oxygen atoms in total. The molecule has 21 heavy (non-hydrogen) atoms. The molecular formula is C17H22N2O2. The molecule has 0 aliphatic heterocycles. The van der Waals surface area contributed by atoms with Crippen molar-refractivity contribution in [2.45, 2.75) is 44.2 Å². The van der Waals surface area contributed by atoms with Crippen LogP contribution in [0.15, 0.2) is 42.6 Å². The lowest BCUT2D eigenvalue weighted by Gasteiger charge is -2.12. The fraction of sp³-hybridized carbons (Fsp3) is 0.471. The van der Waals surface area contributed by atoms with E-state index in [0.29, 0.717) is 19.1 Å². The number of aliphatic hydroxyl groups is 1. The second-order valence-corrected chi connectivity index (χ2v) is 5.71. The second-order valence-electron chi connectivity index (χ2n) is 5.71. The van der Waals surface area contributed by atoms with Crippen LogP contribution in [0.5, 0.6) is 5.75 Å². The van der Waals surface area contributed by atoms with Crippen molar-refractivity contribution in [2.75, 3.05) is 6.61 Å². The van der Waals surface area contributed by atoms with Gasteiger partial charge in [-0.3, -0.25) is 4.68 Å². The maximum absolute atomic E-state index is 10.1. The normalized spacial score (nSPS) is 17.0. The van der Waals surface area contributed by atoms with Crippen LogP contribution < -0.4 is 4.74 Å². The van der Waals surface area contributed by atoms with Crippen LogP contribution in [0.3, 0.4) is 0 Å². The number of para-hydroxylation sites is 1. The number of aliphatic hydroxyl groups excluding tert-OH is 1. The third kappa shape index (κ3) is 3.85. The Bertz CT molecular complexity index is 547. The summed E-state index contributed by atoms with van der Waals surface area (Å²) >= 11 is 0. The summed E-state index contributed by atoms with van der Waals surface area (Å²) in [5.74, 6) is 0.785. The number of hydrogen-bond donors (Lipinski definition) is 1. The maximum atomic E-state index is 10.1. The van der Waals surface area contributed by atoms with Gasteiger partial charge >= 0.3 is 0 Å². The van der Waals surface area contributed by atoms with Crippen molar-refractivity contribution in [3.05, 3.63) is 48.3 Å². The highest BCUT2D eigenvalue weighted by Gasteiger charge is 2.18. The number of aromatic nitrogens is 2. The fourth-order valence-corrected chi connectivity index (χ4v) is 2.87. The number of rotatable bonds is 6. The van der Waals surface area contributed by atoms with E-state index in [0.717, 1.165) is 11.4 Å². The molecular weight excluding hydrogens is 264 g/mol.